The van der Waals surface area contributed by atoms with Gasteiger partial charge in [-0.05, 0) is 81.9 Å². The van der Waals surface area contributed by atoms with Gasteiger partial charge in [-0.2, -0.15) is 0 Å². The molecule has 3 N–H and O–H groups in total. The maximum atomic E-state index is 6.55. The van der Waals surface area contributed by atoms with E-state index >= 15 is 0 Å². The number of nitrogens with zero attached hydrogens (tertiary/aromatic N) is 1. The lowest BCUT2D eigenvalue weighted by Gasteiger charge is -2.05. The summed E-state index contributed by atoms with van der Waals surface area (Å²) < 4.78 is 1.80. The summed E-state index contributed by atoms with van der Waals surface area (Å²) in [6.07, 6.45) is 0. The Labute approximate surface area is 225 Å². The molecule has 2 aromatic heterocycles. The highest BCUT2D eigenvalue weighted by atomic mass is 15.3. The Kier molecular flexibility index (Phi) is 4.67. The van der Waals surface area contributed by atoms with Gasteiger partial charge in [0, 0.05) is 32.6 Å². The average Bonchev–Trinajstić information content (AvgIpc) is 3.51. The van der Waals surface area contributed by atoms with Crippen LogP contribution in [-0.2, 0) is 0 Å². The van der Waals surface area contributed by atoms with Gasteiger partial charge in [0.2, 0.25) is 0 Å². The van der Waals surface area contributed by atoms with Crippen molar-refractivity contribution in [3.05, 3.63) is 133 Å². The molecule has 6 aromatic carbocycles. The van der Waals surface area contributed by atoms with Crippen molar-refractivity contribution in [2.75, 3.05) is 5.84 Å². The molecule has 0 saturated carbocycles. The minimum atomic E-state index is 1.03. The van der Waals surface area contributed by atoms with Gasteiger partial charge in [-0.25, -0.2) is 0 Å². The Hall–Kier alpha value is -5.28. The first-order chi connectivity index (χ1) is 19.2. The van der Waals surface area contributed by atoms with E-state index in [-0.39, 0.29) is 0 Å². The summed E-state index contributed by atoms with van der Waals surface area (Å²) >= 11 is 0. The largest absolute Gasteiger partial charge is 0.355 e. The van der Waals surface area contributed by atoms with Crippen LogP contribution in [0.2, 0.25) is 0 Å². The van der Waals surface area contributed by atoms with Crippen LogP contribution in [-0.4, -0.2) is 9.66 Å². The highest BCUT2D eigenvalue weighted by molar-refractivity contribution is 6.12. The molecule has 0 spiro atoms. The summed E-state index contributed by atoms with van der Waals surface area (Å²) in [5.41, 5.74) is 11.6. The van der Waals surface area contributed by atoms with E-state index in [0.717, 1.165) is 32.8 Å². The molecule has 3 nitrogen and oxygen atoms in total. The molecule has 0 fully saturated rings. The predicted octanol–water partition coefficient (Wildman–Crippen LogP) is 9.14. The van der Waals surface area contributed by atoms with Gasteiger partial charge in [-0.15, -0.1) is 0 Å². The molecule has 0 atom stereocenters. The Balaban J connectivity index is 1.29. The quantitative estimate of drug-likeness (QED) is 0.234. The fraction of sp³-hybridized carbons (Fsp3) is 0. The first-order valence-corrected chi connectivity index (χ1v) is 13.2. The van der Waals surface area contributed by atoms with Crippen LogP contribution < -0.4 is 5.84 Å². The SMILES string of the molecule is Nn1c2ccc(-c3ccccc3)cc2c2cc(-c3ccc4[nH]c5ccc(-c6ccccc6)cc5c4c3)ccc21. The van der Waals surface area contributed by atoms with Crippen LogP contribution in [0.1, 0.15) is 0 Å². The first kappa shape index (κ1) is 21.8. The molecule has 0 amide bonds. The van der Waals surface area contributed by atoms with Crippen molar-refractivity contribution in [3.8, 4) is 33.4 Å². The topological polar surface area (TPSA) is 46.7 Å². The van der Waals surface area contributed by atoms with E-state index < -0.39 is 0 Å². The fourth-order valence-electron chi connectivity index (χ4n) is 5.93. The molecule has 0 aliphatic rings. The smallest absolute Gasteiger partial charge is 0.0704 e. The molecule has 8 aromatic rings. The average molecular weight is 500 g/mol. The number of hydrogen-bond acceptors (Lipinski definition) is 1. The second kappa shape index (κ2) is 8.37. The van der Waals surface area contributed by atoms with E-state index in [9.17, 15) is 0 Å². The van der Waals surface area contributed by atoms with Crippen molar-refractivity contribution in [2.45, 2.75) is 0 Å². The van der Waals surface area contributed by atoms with Crippen molar-refractivity contribution < 1.29 is 0 Å². The zero-order valence-electron chi connectivity index (χ0n) is 21.2. The molecule has 184 valence electrons. The van der Waals surface area contributed by atoms with E-state index in [1.54, 1.807) is 4.68 Å². The van der Waals surface area contributed by atoms with Gasteiger partial charge in [-0.1, -0.05) is 84.9 Å². The number of aromatic amines is 1. The second-order valence-corrected chi connectivity index (χ2v) is 10.2. The third-order valence-electron chi connectivity index (χ3n) is 7.95. The number of rotatable bonds is 3. The van der Waals surface area contributed by atoms with Crippen LogP contribution in [0, 0.1) is 0 Å². The number of H-pyrrole nitrogens is 1. The van der Waals surface area contributed by atoms with Crippen molar-refractivity contribution in [1.29, 1.82) is 0 Å². The van der Waals surface area contributed by atoms with Crippen molar-refractivity contribution in [1.82, 2.24) is 9.66 Å². The summed E-state index contributed by atoms with van der Waals surface area (Å²) in [4.78, 5) is 3.59. The summed E-state index contributed by atoms with van der Waals surface area (Å²) in [7, 11) is 0. The fourth-order valence-corrected chi connectivity index (χ4v) is 5.93. The molecule has 0 aliphatic carbocycles. The number of fused-ring (bicyclic) bond motifs is 6. The van der Waals surface area contributed by atoms with Crippen LogP contribution in [0.4, 0.5) is 0 Å². The van der Waals surface area contributed by atoms with E-state index in [4.69, 9.17) is 5.84 Å². The lowest BCUT2D eigenvalue weighted by atomic mass is 9.98. The molecule has 0 saturated heterocycles. The second-order valence-electron chi connectivity index (χ2n) is 10.2. The molecule has 2 heterocycles. The molecule has 0 bridgehead atoms. The number of hydrogen-bond donors (Lipinski definition) is 2. The molecule has 0 unspecified atom stereocenters. The van der Waals surface area contributed by atoms with Gasteiger partial charge < -0.3 is 10.8 Å². The van der Waals surface area contributed by atoms with Crippen LogP contribution in [0.3, 0.4) is 0 Å². The maximum Gasteiger partial charge on any atom is 0.0704 e. The highest BCUT2D eigenvalue weighted by Crippen LogP contribution is 2.36. The van der Waals surface area contributed by atoms with Crippen LogP contribution in [0.5, 0.6) is 0 Å². The lowest BCUT2D eigenvalue weighted by Crippen LogP contribution is -2.06. The van der Waals surface area contributed by atoms with Crippen molar-refractivity contribution in [2.24, 2.45) is 0 Å². The van der Waals surface area contributed by atoms with Gasteiger partial charge in [0.15, 0.2) is 0 Å². The summed E-state index contributed by atoms with van der Waals surface area (Å²) in [6.45, 7) is 0. The Morgan fingerprint density at radius 1 is 0.385 bits per heavy atom. The van der Waals surface area contributed by atoms with E-state index in [2.05, 4.69) is 132 Å². The number of benzene rings is 6. The standard InChI is InChI=1S/C36H25N3/c37-39-35-17-13-26(24-9-5-2-6-10-24)21-31(35)32-22-28(14-18-36(32)39)27-12-16-34-30(20-27)29-19-25(11-15-33(29)38-34)23-7-3-1-4-8-23/h1-22,38H,37H2. The van der Waals surface area contributed by atoms with E-state index in [0.29, 0.717) is 0 Å². The van der Waals surface area contributed by atoms with Gasteiger partial charge >= 0.3 is 0 Å². The molecular formula is C36H25N3. The Bertz CT molecular complexity index is 2170. The monoisotopic (exact) mass is 499 g/mol. The first-order valence-electron chi connectivity index (χ1n) is 13.2. The van der Waals surface area contributed by atoms with Crippen LogP contribution >= 0.6 is 0 Å². The zero-order valence-corrected chi connectivity index (χ0v) is 21.2. The van der Waals surface area contributed by atoms with Crippen molar-refractivity contribution in [3.63, 3.8) is 0 Å². The van der Waals surface area contributed by atoms with Gasteiger partial charge in [-0.3, -0.25) is 4.68 Å². The normalized spacial score (nSPS) is 11.7. The number of nitrogens with two attached hydrogens (primary N) is 1. The zero-order chi connectivity index (χ0) is 25.9. The Morgan fingerprint density at radius 2 is 0.769 bits per heavy atom. The van der Waals surface area contributed by atoms with Crippen LogP contribution in [0.15, 0.2) is 133 Å². The van der Waals surface area contributed by atoms with E-state index in [1.807, 2.05) is 6.07 Å². The number of nitrogen functional groups attached to an aromatic ring is 1. The minimum absolute atomic E-state index is 1.03. The molecule has 0 radical (unpaired) electrons. The molecule has 8 rings (SSSR count). The number of nitrogens with one attached hydrogen (secondary N) is 1. The lowest BCUT2D eigenvalue weighted by molar-refractivity contribution is 1.12. The van der Waals surface area contributed by atoms with Crippen LogP contribution in [0.25, 0.3) is 77.0 Å². The highest BCUT2D eigenvalue weighted by Gasteiger charge is 2.13. The predicted molar refractivity (Wildman–Crippen MR) is 165 cm³/mol. The third-order valence-corrected chi connectivity index (χ3v) is 7.95. The van der Waals surface area contributed by atoms with Gasteiger partial charge in [0.05, 0.1) is 11.0 Å². The molecule has 3 heteroatoms. The molecule has 0 aliphatic heterocycles. The minimum Gasteiger partial charge on any atom is -0.355 e. The Morgan fingerprint density at radius 3 is 1.23 bits per heavy atom. The van der Waals surface area contributed by atoms with Crippen molar-refractivity contribution >= 4 is 43.6 Å². The van der Waals surface area contributed by atoms with Gasteiger partial charge in [0.1, 0.15) is 0 Å². The molecule has 39 heavy (non-hydrogen) atoms. The molecular weight excluding hydrogens is 474 g/mol. The maximum absolute atomic E-state index is 6.55. The van der Waals surface area contributed by atoms with Gasteiger partial charge in [0.25, 0.3) is 0 Å². The van der Waals surface area contributed by atoms with E-state index in [1.165, 1.54) is 44.2 Å². The number of aromatic nitrogens is 2. The summed E-state index contributed by atoms with van der Waals surface area (Å²) in [5.74, 6) is 6.55. The summed E-state index contributed by atoms with van der Waals surface area (Å²) in [5, 5.41) is 4.79. The third kappa shape index (κ3) is 3.44. The summed E-state index contributed by atoms with van der Waals surface area (Å²) in [6, 6.07) is 47.5.